The molecule has 8 heteroatoms. The van der Waals surface area contributed by atoms with Crippen molar-refractivity contribution < 1.29 is 22.7 Å². The number of halogens is 4. The Morgan fingerprint density at radius 2 is 2.28 bits per heavy atom. The molecule has 0 radical (unpaired) electrons. The van der Waals surface area contributed by atoms with Gasteiger partial charge >= 0.3 is 12.1 Å². The second-order valence-corrected chi connectivity index (χ2v) is 4.11. The van der Waals surface area contributed by atoms with Crippen LogP contribution in [0.15, 0.2) is 16.7 Å². The van der Waals surface area contributed by atoms with Gasteiger partial charge in [0.15, 0.2) is 0 Å². The van der Waals surface area contributed by atoms with Crippen molar-refractivity contribution >= 4 is 28.0 Å². The first-order valence-corrected chi connectivity index (χ1v) is 5.75. The molecule has 4 nitrogen and oxygen atoms in total. The van der Waals surface area contributed by atoms with E-state index in [1.165, 1.54) is 12.3 Å². The van der Waals surface area contributed by atoms with Crippen LogP contribution in [0, 0.1) is 0 Å². The van der Waals surface area contributed by atoms with Gasteiger partial charge in [0.1, 0.15) is 6.54 Å². The lowest BCUT2D eigenvalue weighted by atomic mass is 10.4. The zero-order chi connectivity index (χ0) is 13.8. The van der Waals surface area contributed by atoms with E-state index in [0.29, 0.717) is 4.47 Å². The highest BCUT2D eigenvalue weighted by Crippen LogP contribution is 2.21. The standard InChI is InChI=1S/C10H10BrF3N2O2/c1-2-18-9(17)4-3-8-7(11)5-16(15-8)6-10(12,13)14/h3-5H,2,6H2,1H3/b4-3+. The maximum atomic E-state index is 12.1. The van der Waals surface area contributed by atoms with E-state index in [1.807, 2.05) is 0 Å². The third kappa shape index (κ3) is 4.91. The van der Waals surface area contributed by atoms with Gasteiger partial charge in [-0.3, -0.25) is 4.68 Å². The first-order valence-electron chi connectivity index (χ1n) is 4.96. The molecule has 100 valence electrons. The van der Waals surface area contributed by atoms with E-state index in [0.717, 1.165) is 10.8 Å². The average molecular weight is 327 g/mol. The van der Waals surface area contributed by atoms with Gasteiger partial charge in [0.05, 0.1) is 16.8 Å². The van der Waals surface area contributed by atoms with Gasteiger partial charge in [-0.15, -0.1) is 0 Å². The predicted octanol–water partition coefficient (Wildman–Crippen LogP) is 2.78. The fraction of sp³-hybridized carbons (Fsp3) is 0.400. The van der Waals surface area contributed by atoms with Crippen molar-refractivity contribution in [2.24, 2.45) is 0 Å². The summed E-state index contributed by atoms with van der Waals surface area (Å²) in [5, 5.41) is 3.68. The van der Waals surface area contributed by atoms with Crippen molar-refractivity contribution in [1.29, 1.82) is 0 Å². The van der Waals surface area contributed by atoms with Crippen LogP contribution in [0.25, 0.3) is 6.08 Å². The Morgan fingerprint density at radius 1 is 1.61 bits per heavy atom. The normalized spacial score (nSPS) is 12.1. The molecule has 18 heavy (non-hydrogen) atoms. The van der Waals surface area contributed by atoms with E-state index in [9.17, 15) is 18.0 Å². The number of ether oxygens (including phenoxy) is 1. The second-order valence-electron chi connectivity index (χ2n) is 3.26. The van der Waals surface area contributed by atoms with Gasteiger partial charge < -0.3 is 4.74 Å². The molecule has 0 fully saturated rings. The van der Waals surface area contributed by atoms with Crippen LogP contribution in [0.1, 0.15) is 12.6 Å². The molecular weight excluding hydrogens is 317 g/mol. The van der Waals surface area contributed by atoms with Crippen molar-refractivity contribution in [1.82, 2.24) is 9.78 Å². The maximum absolute atomic E-state index is 12.1. The fourth-order valence-corrected chi connectivity index (χ4v) is 1.57. The van der Waals surface area contributed by atoms with Crippen molar-refractivity contribution in [3.05, 3.63) is 22.4 Å². The van der Waals surface area contributed by atoms with Crippen molar-refractivity contribution in [2.75, 3.05) is 6.61 Å². The Morgan fingerprint density at radius 3 is 2.83 bits per heavy atom. The van der Waals surface area contributed by atoms with E-state index < -0.39 is 18.7 Å². The molecule has 0 aromatic carbocycles. The van der Waals surface area contributed by atoms with Gasteiger partial charge in [0.25, 0.3) is 0 Å². The SMILES string of the molecule is CCOC(=O)/C=C/c1nn(CC(F)(F)F)cc1Br. The predicted molar refractivity (Wildman–Crippen MR) is 61.6 cm³/mol. The number of aromatic nitrogens is 2. The number of carbonyl (C=O) groups is 1. The Hall–Kier alpha value is -1.31. The summed E-state index contributed by atoms with van der Waals surface area (Å²) >= 11 is 3.06. The summed E-state index contributed by atoms with van der Waals surface area (Å²) in [6.45, 7) is 0.700. The fourth-order valence-electron chi connectivity index (χ4n) is 1.13. The van der Waals surface area contributed by atoms with Crippen molar-refractivity contribution in [2.45, 2.75) is 19.6 Å². The molecule has 0 aliphatic carbocycles. The zero-order valence-electron chi connectivity index (χ0n) is 9.37. The number of carbonyl (C=O) groups excluding carboxylic acids is 1. The minimum absolute atomic E-state index is 0.229. The quantitative estimate of drug-likeness (QED) is 0.631. The number of rotatable bonds is 4. The van der Waals surface area contributed by atoms with E-state index in [1.54, 1.807) is 6.92 Å². The molecule has 0 saturated carbocycles. The number of hydrogen-bond donors (Lipinski definition) is 0. The molecule has 0 amide bonds. The van der Waals surface area contributed by atoms with Crippen LogP contribution in [-0.2, 0) is 16.1 Å². The van der Waals surface area contributed by atoms with Gasteiger partial charge in [-0.2, -0.15) is 18.3 Å². The highest BCUT2D eigenvalue weighted by Gasteiger charge is 2.28. The Kier molecular flexibility index (Phi) is 4.94. The van der Waals surface area contributed by atoms with Gasteiger partial charge in [-0.05, 0) is 28.9 Å². The number of nitrogens with zero attached hydrogens (tertiary/aromatic N) is 2. The van der Waals surface area contributed by atoms with Crippen LogP contribution in [0.4, 0.5) is 13.2 Å². The summed E-state index contributed by atoms with van der Waals surface area (Å²) in [6.07, 6.45) is -0.755. The monoisotopic (exact) mass is 326 g/mol. The summed E-state index contributed by atoms with van der Waals surface area (Å²) in [5.74, 6) is -0.574. The lowest BCUT2D eigenvalue weighted by molar-refractivity contribution is -0.142. The van der Waals surface area contributed by atoms with E-state index >= 15 is 0 Å². The summed E-state index contributed by atoms with van der Waals surface area (Å²) in [6, 6.07) is 0. The molecule has 1 aromatic rings. The molecule has 1 heterocycles. The minimum atomic E-state index is -4.34. The van der Waals surface area contributed by atoms with Crippen LogP contribution in [0.5, 0.6) is 0 Å². The molecule has 0 atom stereocenters. The van der Waals surface area contributed by atoms with Crippen LogP contribution in [0.2, 0.25) is 0 Å². The molecule has 1 rings (SSSR count). The van der Waals surface area contributed by atoms with Crippen molar-refractivity contribution in [3.8, 4) is 0 Å². The van der Waals surface area contributed by atoms with E-state index in [2.05, 4.69) is 25.8 Å². The molecule has 0 spiro atoms. The Bertz CT molecular complexity index is 454. The molecule has 0 aliphatic rings. The highest BCUT2D eigenvalue weighted by molar-refractivity contribution is 9.10. The lowest BCUT2D eigenvalue weighted by Gasteiger charge is -2.04. The second kappa shape index (κ2) is 6.03. The molecular formula is C10H10BrF3N2O2. The van der Waals surface area contributed by atoms with Gasteiger partial charge in [0.2, 0.25) is 0 Å². The molecule has 0 unspecified atom stereocenters. The summed E-state index contributed by atoms with van der Waals surface area (Å²) in [5.41, 5.74) is 0.229. The third-order valence-corrected chi connectivity index (χ3v) is 2.36. The topological polar surface area (TPSA) is 44.1 Å². The van der Waals surface area contributed by atoms with E-state index in [4.69, 9.17) is 0 Å². The van der Waals surface area contributed by atoms with Crippen LogP contribution < -0.4 is 0 Å². The summed E-state index contributed by atoms with van der Waals surface area (Å²) in [4.78, 5) is 11.0. The zero-order valence-corrected chi connectivity index (χ0v) is 11.0. The maximum Gasteiger partial charge on any atom is 0.408 e. The third-order valence-electron chi connectivity index (χ3n) is 1.75. The first-order chi connectivity index (χ1) is 8.31. The smallest absolute Gasteiger partial charge is 0.408 e. The Labute approximate surface area is 110 Å². The van der Waals surface area contributed by atoms with Gasteiger partial charge in [0, 0.05) is 12.3 Å². The molecule has 0 aliphatic heterocycles. The van der Waals surface area contributed by atoms with Crippen LogP contribution >= 0.6 is 15.9 Å². The summed E-state index contributed by atoms with van der Waals surface area (Å²) in [7, 11) is 0. The Balaban J connectivity index is 2.76. The largest absolute Gasteiger partial charge is 0.463 e. The number of hydrogen-bond acceptors (Lipinski definition) is 3. The highest BCUT2D eigenvalue weighted by atomic mass is 79.9. The molecule has 0 bridgehead atoms. The molecule has 0 N–H and O–H groups in total. The number of esters is 1. The molecule has 0 saturated heterocycles. The average Bonchev–Trinajstić information content (AvgIpc) is 2.53. The summed E-state index contributed by atoms with van der Waals surface area (Å²) < 4.78 is 42.1. The van der Waals surface area contributed by atoms with Crippen molar-refractivity contribution in [3.63, 3.8) is 0 Å². The minimum Gasteiger partial charge on any atom is -0.463 e. The molecule has 1 aromatic heterocycles. The van der Waals surface area contributed by atoms with Crippen LogP contribution in [-0.4, -0.2) is 28.5 Å². The van der Waals surface area contributed by atoms with E-state index in [-0.39, 0.29) is 12.3 Å². The van der Waals surface area contributed by atoms with Crippen LogP contribution in [0.3, 0.4) is 0 Å². The van der Waals surface area contributed by atoms with Gasteiger partial charge in [-0.25, -0.2) is 4.79 Å². The first kappa shape index (κ1) is 14.7. The van der Waals surface area contributed by atoms with Gasteiger partial charge in [-0.1, -0.05) is 0 Å². The number of alkyl halides is 3. The lowest BCUT2D eigenvalue weighted by Crippen LogP contribution is -2.17.